The van der Waals surface area contributed by atoms with Crippen LogP contribution >= 0.6 is 0 Å². The van der Waals surface area contributed by atoms with Gasteiger partial charge in [-0.15, -0.1) is 0 Å². The lowest BCUT2D eigenvalue weighted by Gasteiger charge is -2.42. The molecule has 0 heterocycles. The predicted molar refractivity (Wildman–Crippen MR) is 91.2 cm³/mol. The summed E-state index contributed by atoms with van der Waals surface area (Å²) in [4.78, 5) is 24.7. The highest BCUT2D eigenvalue weighted by molar-refractivity contribution is 5.78. The molecule has 0 radical (unpaired) electrons. The van der Waals surface area contributed by atoms with Gasteiger partial charge in [0.15, 0.2) is 6.61 Å². The molecule has 0 bridgehead atoms. The lowest BCUT2D eigenvalue weighted by molar-refractivity contribution is -0.139. The number of carboxylic acid groups (broad SMARTS) is 1. The van der Waals surface area contributed by atoms with E-state index < -0.39 is 5.97 Å². The van der Waals surface area contributed by atoms with Crippen molar-refractivity contribution in [1.29, 1.82) is 0 Å². The first-order valence-electron chi connectivity index (χ1n) is 8.34. The van der Waals surface area contributed by atoms with Gasteiger partial charge in [-0.05, 0) is 44.9 Å². The van der Waals surface area contributed by atoms with Crippen molar-refractivity contribution in [1.82, 2.24) is 10.2 Å². The van der Waals surface area contributed by atoms with Crippen molar-refractivity contribution in [3.8, 4) is 5.75 Å². The number of aryl methyl sites for hydroxylation is 2. The number of amides is 1. The highest BCUT2D eigenvalue weighted by atomic mass is 16.5. The molecule has 0 atom stereocenters. The Balaban J connectivity index is 1.72. The number of carbonyl (C=O) groups is 2. The number of hydrogen-bond acceptors (Lipinski definition) is 4. The number of benzene rings is 1. The average molecular weight is 334 g/mol. The van der Waals surface area contributed by atoms with E-state index in [0.717, 1.165) is 29.7 Å². The third kappa shape index (κ3) is 4.96. The van der Waals surface area contributed by atoms with Crippen LogP contribution in [0, 0.1) is 13.8 Å². The van der Waals surface area contributed by atoms with Crippen LogP contribution in [0.3, 0.4) is 0 Å². The van der Waals surface area contributed by atoms with Gasteiger partial charge in [-0.2, -0.15) is 0 Å². The maximum absolute atomic E-state index is 12.0. The molecule has 1 saturated carbocycles. The molecular formula is C18H26N2O4. The standard InChI is InChI=1S/C18H26N2O4/c1-4-20(10-18(22)23)15-8-14(9-15)19-17(21)11-24-16-6-5-12(2)7-13(16)3/h5-7,14-15H,4,8-11H2,1-3H3,(H,19,21)(H,22,23). The SMILES string of the molecule is CCN(CC(=O)O)C1CC(NC(=O)COc2ccc(C)cc2C)C1. The predicted octanol–water partition coefficient (Wildman–Crippen LogP) is 1.74. The summed E-state index contributed by atoms with van der Waals surface area (Å²) in [5.74, 6) is -0.230. The summed E-state index contributed by atoms with van der Waals surface area (Å²) in [6.45, 7) is 6.67. The van der Waals surface area contributed by atoms with Gasteiger partial charge in [0.2, 0.25) is 0 Å². The van der Waals surface area contributed by atoms with Crippen molar-refractivity contribution < 1.29 is 19.4 Å². The molecule has 6 nitrogen and oxygen atoms in total. The number of likely N-dealkylation sites (N-methyl/N-ethyl adjacent to an activating group) is 1. The Kier molecular flexibility index (Phi) is 6.20. The van der Waals surface area contributed by atoms with E-state index in [4.69, 9.17) is 9.84 Å². The zero-order chi connectivity index (χ0) is 17.7. The lowest BCUT2D eigenvalue weighted by atomic mass is 9.85. The van der Waals surface area contributed by atoms with Gasteiger partial charge >= 0.3 is 5.97 Å². The van der Waals surface area contributed by atoms with Gasteiger partial charge in [-0.1, -0.05) is 24.6 Å². The zero-order valence-corrected chi connectivity index (χ0v) is 14.5. The number of carboxylic acids is 1. The molecule has 0 aromatic heterocycles. The van der Waals surface area contributed by atoms with E-state index in [0.29, 0.717) is 6.54 Å². The monoisotopic (exact) mass is 334 g/mol. The number of nitrogens with zero attached hydrogens (tertiary/aromatic N) is 1. The van der Waals surface area contributed by atoms with Crippen LogP contribution in [0.4, 0.5) is 0 Å². The molecule has 1 amide bonds. The molecule has 1 fully saturated rings. The molecule has 132 valence electrons. The highest BCUT2D eigenvalue weighted by Gasteiger charge is 2.34. The van der Waals surface area contributed by atoms with Gasteiger partial charge in [0.1, 0.15) is 5.75 Å². The van der Waals surface area contributed by atoms with Crippen molar-refractivity contribution in [2.45, 2.75) is 45.7 Å². The molecule has 1 aromatic rings. The summed E-state index contributed by atoms with van der Waals surface area (Å²) >= 11 is 0. The van der Waals surface area contributed by atoms with E-state index in [2.05, 4.69) is 5.32 Å². The minimum absolute atomic E-state index is 0.00230. The van der Waals surface area contributed by atoms with Crippen molar-refractivity contribution in [2.75, 3.05) is 19.7 Å². The Morgan fingerprint density at radius 1 is 1.33 bits per heavy atom. The summed E-state index contributed by atoms with van der Waals surface area (Å²) < 4.78 is 5.57. The van der Waals surface area contributed by atoms with Crippen LogP contribution in [-0.4, -0.2) is 53.7 Å². The van der Waals surface area contributed by atoms with Crippen molar-refractivity contribution in [2.24, 2.45) is 0 Å². The third-order valence-electron chi connectivity index (χ3n) is 4.43. The molecule has 0 aliphatic heterocycles. The first-order chi connectivity index (χ1) is 11.4. The Labute approximate surface area is 142 Å². The van der Waals surface area contributed by atoms with Gasteiger partial charge < -0.3 is 15.2 Å². The Morgan fingerprint density at radius 2 is 2.04 bits per heavy atom. The fourth-order valence-corrected chi connectivity index (χ4v) is 3.05. The topological polar surface area (TPSA) is 78.9 Å². The van der Waals surface area contributed by atoms with Gasteiger partial charge in [0.25, 0.3) is 5.91 Å². The second-order valence-corrected chi connectivity index (χ2v) is 6.40. The fourth-order valence-electron chi connectivity index (χ4n) is 3.05. The number of rotatable bonds is 8. The van der Waals surface area contributed by atoms with Crippen molar-refractivity contribution in [3.63, 3.8) is 0 Å². The Bertz CT molecular complexity index is 597. The van der Waals surface area contributed by atoms with Gasteiger partial charge in [-0.3, -0.25) is 14.5 Å². The van der Waals surface area contributed by atoms with E-state index >= 15 is 0 Å². The Morgan fingerprint density at radius 3 is 2.62 bits per heavy atom. The van der Waals surface area contributed by atoms with Crippen LogP contribution in [0.1, 0.15) is 30.9 Å². The summed E-state index contributed by atoms with van der Waals surface area (Å²) in [5, 5.41) is 11.8. The maximum Gasteiger partial charge on any atom is 0.317 e. The molecule has 0 saturated heterocycles. The number of nitrogens with one attached hydrogen (secondary N) is 1. The number of aliphatic carboxylic acids is 1. The largest absolute Gasteiger partial charge is 0.484 e. The van der Waals surface area contributed by atoms with E-state index in [-0.39, 0.29) is 31.1 Å². The molecule has 2 N–H and O–H groups in total. The first kappa shape index (κ1) is 18.3. The van der Waals surface area contributed by atoms with E-state index in [1.54, 1.807) is 0 Å². The lowest BCUT2D eigenvalue weighted by Crippen LogP contribution is -2.55. The molecule has 6 heteroatoms. The molecule has 0 unspecified atom stereocenters. The number of hydrogen-bond donors (Lipinski definition) is 2. The van der Waals surface area contributed by atoms with Crippen LogP contribution in [-0.2, 0) is 9.59 Å². The first-order valence-corrected chi connectivity index (χ1v) is 8.34. The summed E-state index contributed by atoms with van der Waals surface area (Å²) in [6, 6.07) is 6.19. The molecule has 24 heavy (non-hydrogen) atoms. The fraction of sp³-hybridized carbons (Fsp3) is 0.556. The molecule has 1 aliphatic rings. The summed E-state index contributed by atoms with van der Waals surface area (Å²) in [6.07, 6.45) is 1.58. The van der Waals surface area contributed by atoms with Gasteiger partial charge in [0, 0.05) is 12.1 Å². The van der Waals surface area contributed by atoms with Crippen LogP contribution in [0.15, 0.2) is 18.2 Å². The van der Waals surface area contributed by atoms with Crippen LogP contribution in [0.25, 0.3) is 0 Å². The van der Waals surface area contributed by atoms with E-state index in [1.807, 2.05) is 43.9 Å². The van der Waals surface area contributed by atoms with E-state index in [1.165, 1.54) is 0 Å². The molecular weight excluding hydrogens is 308 g/mol. The second-order valence-electron chi connectivity index (χ2n) is 6.40. The van der Waals surface area contributed by atoms with E-state index in [9.17, 15) is 9.59 Å². The molecule has 1 aliphatic carbocycles. The maximum atomic E-state index is 12.0. The Hall–Kier alpha value is -2.08. The average Bonchev–Trinajstić information content (AvgIpc) is 2.47. The van der Waals surface area contributed by atoms with Crippen LogP contribution < -0.4 is 10.1 Å². The second kappa shape index (κ2) is 8.15. The normalized spacial score (nSPS) is 19.7. The van der Waals surface area contributed by atoms with Gasteiger partial charge in [-0.25, -0.2) is 0 Å². The molecule has 2 rings (SSSR count). The van der Waals surface area contributed by atoms with Crippen LogP contribution in [0.5, 0.6) is 5.75 Å². The smallest absolute Gasteiger partial charge is 0.317 e. The van der Waals surface area contributed by atoms with Crippen molar-refractivity contribution in [3.05, 3.63) is 29.3 Å². The number of ether oxygens (including phenoxy) is 1. The highest BCUT2D eigenvalue weighted by Crippen LogP contribution is 2.25. The third-order valence-corrected chi connectivity index (χ3v) is 4.43. The quantitative estimate of drug-likeness (QED) is 0.757. The minimum atomic E-state index is -0.814. The summed E-state index contributed by atoms with van der Waals surface area (Å²) in [7, 11) is 0. The van der Waals surface area contributed by atoms with Crippen molar-refractivity contribution >= 4 is 11.9 Å². The molecule has 0 spiro atoms. The minimum Gasteiger partial charge on any atom is -0.484 e. The van der Waals surface area contributed by atoms with Crippen LogP contribution in [0.2, 0.25) is 0 Å². The van der Waals surface area contributed by atoms with Gasteiger partial charge in [0.05, 0.1) is 6.54 Å². The summed E-state index contributed by atoms with van der Waals surface area (Å²) in [5.41, 5.74) is 2.17. The molecule has 1 aromatic carbocycles. The zero-order valence-electron chi connectivity index (χ0n) is 14.5. The number of carbonyl (C=O) groups excluding carboxylic acids is 1.